The van der Waals surface area contributed by atoms with Crippen molar-refractivity contribution < 1.29 is 4.42 Å². The second-order valence-corrected chi connectivity index (χ2v) is 5.68. The highest BCUT2D eigenvalue weighted by Crippen LogP contribution is 2.17. The Morgan fingerprint density at radius 1 is 1.37 bits per heavy atom. The second-order valence-electron chi connectivity index (χ2n) is 5.68. The molecule has 1 rings (SSSR count). The Hall–Kier alpha value is -0.800. The molecule has 3 nitrogen and oxygen atoms in total. The molecule has 0 bridgehead atoms. The van der Waals surface area contributed by atoms with Gasteiger partial charge in [0.1, 0.15) is 11.5 Å². The average Bonchev–Trinajstić information content (AvgIpc) is 2.70. The summed E-state index contributed by atoms with van der Waals surface area (Å²) < 4.78 is 5.80. The SMILES string of the molecule is CCCNCc1cc(CN(C)CC(C)CC)c(C)o1. The van der Waals surface area contributed by atoms with Gasteiger partial charge in [-0.25, -0.2) is 0 Å². The first-order valence-corrected chi connectivity index (χ1v) is 7.54. The second kappa shape index (κ2) is 8.39. The van der Waals surface area contributed by atoms with Crippen molar-refractivity contribution in [3.8, 4) is 0 Å². The number of nitrogens with one attached hydrogen (secondary N) is 1. The van der Waals surface area contributed by atoms with Crippen LogP contribution in [0, 0.1) is 12.8 Å². The van der Waals surface area contributed by atoms with Gasteiger partial charge in [-0.2, -0.15) is 0 Å². The van der Waals surface area contributed by atoms with E-state index in [9.17, 15) is 0 Å². The van der Waals surface area contributed by atoms with Crippen molar-refractivity contribution in [1.82, 2.24) is 10.2 Å². The van der Waals surface area contributed by atoms with E-state index in [0.29, 0.717) is 0 Å². The van der Waals surface area contributed by atoms with E-state index in [1.54, 1.807) is 0 Å². The van der Waals surface area contributed by atoms with Gasteiger partial charge in [-0.3, -0.25) is 0 Å². The minimum Gasteiger partial charge on any atom is -0.465 e. The van der Waals surface area contributed by atoms with Crippen LogP contribution < -0.4 is 5.32 Å². The maximum Gasteiger partial charge on any atom is 0.118 e. The van der Waals surface area contributed by atoms with Gasteiger partial charge in [-0.1, -0.05) is 27.2 Å². The Morgan fingerprint density at radius 3 is 2.74 bits per heavy atom. The molecule has 3 heteroatoms. The number of aryl methyl sites for hydroxylation is 1. The first-order valence-electron chi connectivity index (χ1n) is 7.54. The number of hydrogen-bond acceptors (Lipinski definition) is 3. The summed E-state index contributed by atoms with van der Waals surface area (Å²) >= 11 is 0. The van der Waals surface area contributed by atoms with Crippen LogP contribution in [0.1, 0.15) is 50.7 Å². The Labute approximate surface area is 118 Å². The predicted octanol–water partition coefficient (Wildman–Crippen LogP) is 3.57. The number of nitrogens with zero attached hydrogens (tertiary/aromatic N) is 1. The molecule has 1 N–H and O–H groups in total. The van der Waals surface area contributed by atoms with E-state index in [1.807, 2.05) is 0 Å². The molecule has 0 aliphatic heterocycles. The normalized spacial score (nSPS) is 13.2. The molecule has 0 aromatic carbocycles. The third-order valence-electron chi connectivity index (χ3n) is 3.56. The van der Waals surface area contributed by atoms with Gasteiger partial charge in [-0.15, -0.1) is 0 Å². The smallest absolute Gasteiger partial charge is 0.118 e. The summed E-state index contributed by atoms with van der Waals surface area (Å²) in [5.41, 5.74) is 1.32. The lowest BCUT2D eigenvalue weighted by atomic mass is 10.1. The Morgan fingerprint density at radius 2 is 2.11 bits per heavy atom. The maximum absolute atomic E-state index is 5.80. The van der Waals surface area contributed by atoms with Crippen molar-refractivity contribution in [1.29, 1.82) is 0 Å². The van der Waals surface area contributed by atoms with Gasteiger partial charge in [0.15, 0.2) is 0 Å². The first-order chi connectivity index (χ1) is 9.06. The Bertz CT molecular complexity index is 360. The first kappa shape index (κ1) is 16.3. The van der Waals surface area contributed by atoms with Crippen LogP contribution >= 0.6 is 0 Å². The van der Waals surface area contributed by atoms with E-state index in [4.69, 9.17) is 4.42 Å². The molecule has 0 amide bonds. The molecular weight excluding hydrogens is 236 g/mol. The average molecular weight is 266 g/mol. The Balaban J connectivity index is 2.49. The fraction of sp³-hybridized carbons (Fsp3) is 0.750. The lowest BCUT2D eigenvalue weighted by Gasteiger charge is -2.19. The number of hydrogen-bond donors (Lipinski definition) is 1. The molecule has 1 aromatic heterocycles. The van der Waals surface area contributed by atoms with Crippen LogP contribution in [0.3, 0.4) is 0 Å². The quantitative estimate of drug-likeness (QED) is 0.693. The molecule has 1 heterocycles. The summed E-state index contributed by atoms with van der Waals surface area (Å²) in [4.78, 5) is 2.38. The zero-order valence-electron chi connectivity index (χ0n) is 13.3. The van der Waals surface area contributed by atoms with Gasteiger partial charge in [0, 0.05) is 18.7 Å². The summed E-state index contributed by atoms with van der Waals surface area (Å²) in [6, 6.07) is 2.20. The molecule has 0 aliphatic rings. The molecule has 0 aliphatic carbocycles. The van der Waals surface area contributed by atoms with Crippen LogP contribution in [-0.4, -0.2) is 25.0 Å². The van der Waals surface area contributed by atoms with Gasteiger partial charge in [0.25, 0.3) is 0 Å². The van der Waals surface area contributed by atoms with Crippen molar-refractivity contribution in [2.24, 2.45) is 5.92 Å². The number of furan rings is 1. The molecule has 1 unspecified atom stereocenters. The van der Waals surface area contributed by atoms with Gasteiger partial charge in [0.2, 0.25) is 0 Å². The van der Waals surface area contributed by atoms with E-state index < -0.39 is 0 Å². The fourth-order valence-electron chi connectivity index (χ4n) is 2.24. The predicted molar refractivity (Wildman–Crippen MR) is 81.2 cm³/mol. The topological polar surface area (TPSA) is 28.4 Å². The van der Waals surface area contributed by atoms with Gasteiger partial charge in [0.05, 0.1) is 6.54 Å². The van der Waals surface area contributed by atoms with Crippen LogP contribution in [0.4, 0.5) is 0 Å². The van der Waals surface area contributed by atoms with Gasteiger partial charge < -0.3 is 14.6 Å². The summed E-state index contributed by atoms with van der Waals surface area (Å²) in [6.07, 6.45) is 2.39. The Kier molecular flexibility index (Phi) is 7.17. The molecule has 0 saturated carbocycles. The van der Waals surface area contributed by atoms with Crippen LogP contribution in [-0.2, 0) is 13.1 Å². The molecule has 0 spiro atoms. The highest BCUT2D eigenvalue weighted by molar-refractivity contribution is 5.20. The molecule has 0 radical (unpaired) electrons. The van der Waals surface area contributed by atoms with Crippen LogP contribution in [0.15, 0.2) is 10.5 Å². The molecule has 1 aromatic rings. The van der Waals surface area contributed by atoms with Crippen molar-refractivity contribution in [2.45, 2.75) is 53.6 Å². The van der Waals surface area contributed by atoms with E-state index in [-0.39, 0.29) is 0 Å². The van der Waals surface area contributed by atoms with Crippen molar-refractivity contribution in [3.63, 3.8) is 0 Å². The third-order valence-corrected chi connectivity index (χ3v) is 3.56. The molecule has 110 valence electrons. The van der Waals surface area contributed by atoms with Crippen LogP contribution in [0.2, 0.25) is 0 Å². The van der Waals surface area contributed by atoms with E-state index in [1.165, 1.54) is 12.0 Å². The summed E-state index contributed by atoms with van der Waals surface area (Å²) in [5.74, 6) is 2.87. The molecule has 0 fully saturated rings. The largest absolute Gasteiger partial charge is 0.465 e. The highest BCUT2D eigenvalue weighted by atomic mass is 16.3. The zero-order chi connectivity index (χ0) is 14.3. The van der Waals surface area contributed by atoms with Crippen molar-refractivity contribution >= 4 is 0 Å². The summed E-state index contributed by atoms with van der Waals surface area (Å²) in [5, 5.41) is 3.38. The van der Waals surface area contributed by atoms with Crippen LogP contribution in [0.5, 0.6) is 0 Å². The summed E-state index contributed by atoms with van der Waals surface area (Å²) in [7, 11) is 2.19. The molecule has 19 heavy (non-hydrogen) atoms. The van der Waals surface area contributed by atoms with Gasteiger partial charge >= 0.3 is 0 Å². The minimum absolute atomic E-state index is 0.753. The highest BCUT2D eigenvalue weighted by Gasteiger charge is 2.11. The monoisotopic (exact) mass is 266 g/mol. The van der Waals surface area contributed by atoms with E-state index in [0.717, 1.165) is 50.0 Å². The van der Waals surface area contributed by atoms with Crippen molar-refractivity contribution in [2.75, 3.05) is 20.1 Å². The van der Waals surface area contributed by atoms with E-state index in [2.05, 4.69) is 51.0 Å². The van der Waals surface area contributed by atoms with E-state index >= 15 is 0 Å². The molecular formula is C16H30N2O. The maximum atomic E-state index is 5.80. The number of rotatable bonds is 9. The lowest BCUT2D eigenvalue weighted by molar-refractivity contribution is 0.273. The summed E-state index contributed by atoms with van der Waals surface area (Å²) in [6.45, 7) is 12.8. The third kappa shape index (κ3) is 5.79. The minimum atomic E-state index is 0.753. The molecule has 1 atom stereocenters. The van der Waals surface area contributed by atoms with Gasteiger partial charge in [-0.05, 0) is 38.9 Å². The zero-order valence-corrected chi connectivity index (χ0v) is 13.3. The standard InChI is InChI=1S/C16H30N2O/c1-6-8-17-10-16-9-15(14(4)19-16)12-18(5)11-13(3)7-2/h9,13,17H,6-8,10-12H2,1-5H3. The van der Waals surface area contributed by atoms with Crippen molar-refractivity contribution in [3.05, 3.63) is 23.2 Å². The fourth-order valence-corrected chi connectivity index (χ4v) is 2.24. The lowest BCUT2D eigenvalue weighted by Crippen LogP contribution is -2.23. The molecule has 0 saturated heterocycles. The van der Waals surface area contributed by atoms with Crippen LogP contribution in [0.25, 0.3) is 0 Å².